The highest BCUT2D eigenvalue weighted by Gasteiger charge is 2.12. The number of nitriles is 2. The van der Waals surface area contributed by atoms with Gasteiger partial charge in [0, 0.05) is 5.69 Å². The van der Waals surface area contributed by atoms with Crippen molar-refractivity contribution in [2.24, 2.45) is 0 Å². The molecule has 1 unspecified atom stereocenters. The van der Waals surface area contributed by atoms with Crippen LogP contribution in [-0.4, -0.2) is 0 Å². The van der Waals surface area contributed by atoms with E-state index in [1.165, 1.54) is 18.2 Å². The van der Waals surface area contributed by atoms with Crippen LogP contribution in [0.1, 0.15) is 22.7 Å². The Hall–Kier alpha value is -2.85. The number of nitrogens with zero attached hydrogens (tertiary/aromatic N) is 2. The third-order valence-corrected chi connectivity index (χ3v) is 2.94. The smallest absolute Gasteiger partial charge is 0.140 e. The highest BCUT2D eigenvalue weighted by Crippen LogP contribution is 2.21. The molecule has 20 heavy (non-hydrogen) atoms. The number of halogens is 1. The standard InChI is InChI=1S/C16H12FN3/c1-11-2-5-14(6-3-11)20-16(10-19)12-4-7-15(17)13(8-12)9-18/h2-8,16,20H,1H3. The highest BCUT2D eigenvalue weighted by molar-refractivity contribution is 5.49. The maximum Gasteiger partial charge on any atom is 0.140 e. The minimum Gasteiger partial charge on any atom is -0.366 e. The summed E-state index contributed by atoms with van der Waals surface area (Å²) in [6.45, 7) is 1.98. The number of rotatable bonds is 3. The number of anilines is 1. The van der Waals surface area contributed by atoms with Crippen molar-refractivity contribution in [3.8, 4) is 12.1 Å². The molecule has 0 radical (unpaired) electrons. The Balaban J connectivity index is 2.27. The van der Waals surface area contributed by atoms with Crippen LogP contribution in [-0.2, 0) is 0 Å². The summed E-state index contributed by atoms with van der Waals surface area (Å²) in [4.78, 5) is 0. The van der Waals surface area contributed by atoms with E-state index in [1.807, 2.05) is 31.2 Å². The van der Waals surface area contributed by atoms with E-state index in [4.69, 9.17) is 5.26 Å². The number of nitrogens with one attached hydrogen (secondary N) is 1. The minimum atomic E-state index is -0.634. The molecule has 0 aromatic heterocycles. The molecule has 0 aliphatic rings. The van der Waals surface area contributed by atoms with Gasteiger partial charge in [0.2, 0.25) is 0 Å². The van der Waals surface area contributed by atoms with E-state index in [1.54, 1.807) is 6.07 Å². The monoisotopic (exact) mass is 265 g/mol. The first-order valence-electron chi connectivity index (χ1n) is 6.06. The van der Waals surface area contributed by atoms with Crippen molar-refractivity contribution in [2.45, 2.75) is 13.0 Å². The molecule has 0 heterocycles. The van der Waals surface area contributed by atoms with Crippen molar-refractivity contribution in [1.29, 1.82) is 10.5 Å². The van der Waals surface area contributed by atoms with E-state index in [-0.39, 0.29) is 5.56 Å². The molecule has 0 fully saturated rings. The topological polar surface area (TPSA) is 59.6 Å². The first-order chi connectivity index (χ1) is 9.63. The predicted molar refractivity (Wildman–Crippen MR) is 74.3 cm³/mol. The van der Waals surface area contributed by atoms with Gasteiger partial charge in [0.05, 0.1) is 11.6 Å². The zero-order chi connectivity index (χ0) is 14.5. The van der Waals surface area contributed by atoms with Gasteiger partial charge < -0.3 is 5.32 Å². The maximum absolute atomic E-state index is 13.3. The van der Waals surface area contributed by atoms with Crippen LogP contribution in [0.5, 0.6) is 0 Å². The Kier molecular flexibility index (Phi) is 3.98. The number of aryl methyl sites for hydroxylation is 1. The van der Waals surface area contributed by atoms with Gasteiger partial charge in [-0.2, -0.15) is 10.5 Å². The summed E-state index contributed by atoms with van der Waals surface area (Å²) in [6, 6.07) is 15.0. The molecule has 0 amide bonds. The van der Waals surface area contributed by atoms with E-state index >= 15 is 0 Å². The second-order valence-electron chi connectivity index (χ2n) is 4.42. The van der Waals surface area contributed by atoms with E-state index in [0.717, 1.165) is 11.3 Å². The normalized spacial score (nSPS) is 11.2. The first-order valence-corrected chi connectivity index (χ1v) is 6.06. The predicted octanol–water partition coefficient (Wildman–Crippen LogP) is 3.68. The van der Waals surface area contributed by atoms with Gasteiger partial charge in [0.15, 0.2) is 0 Å². The molecule has 0 saturated heterocycles. The molecule has 2 aromatic carbocycles. The van der Waals surface area contributed by atoms with E-state index < -0.39 is 11.9 Å². The molecule has 0 aliphatic heterocycles. The lowest BCUT2D eigenvalue weighted by molar-refractivity contribution is 0.623. The molecule has 2 aromatic rings. The number of hydrogen-bond donors (Lipinski definition) is 1. The molecule has 0 aliphatic carbocycles. The Morgan fingerprint density at radius 2 is 1.80 bits per heavy atom. The van der Waals surface area contributed by atoms with Gasteiger partial charge >= 0.3 is 0 Å². The minimum absolute atomic E-state index is 0.0616. The second-order valence-corrected chi connectivity index (χ2v) is 4.42. The summed E-state index contributed by atoms with van der Waals surface area (Å²) in [5, 5.41) is 21.1. The van der Waals surface area contributed by atoms with Gasteiger partial charge in [-0.15, -0.1) is 0 Å². The van der Waals surface area contributed by atoms with Gasteiger partial charge in [0.25, 0.3) is 0 Å². The summed E-state index contributed by atoms with van der Waals surface area (Å²) in [5.41, 5.74) is 2.42. The molecule has 0 saturated carbocycles. The lowest BCUT2D eigenvalue weighted by atomic mass is 10.0. The maximum atomic E-state index is 13.3. The van der Waals surface area contributed by atoms with Crippen LogP contribution < -0.4 is 5.32 Å². The Labute approximate surface area is 116 Å². The summed E-state index contributed by atoms with van der Waals surface area (Å²) in [7, 11) is 0. The van der Waals surface area contributed by atoms with Crippen molar-refractivity contribution in [3.05, 3.63) is 65.0 Å². The fourth-order valence-electron chi connectivity index (χ4n) is 1.81. The molecule has 1 atom stereocenters. The molecule has 98 valence electrons. The molecule has 2 rings (SSSR count). The van der Waals surface area contributed by atoms with Crippen LogP contribution in [0.3, 0.4) is 0 Å². The third kappa shape index (κ3) is 2.93. The van der Waals surface area contributed by atoms with Crippen molar-refractivity contribution >= 4 is 5.69 Å². The summed E-state index contributed by atoms with van der Waals surface area (Å²) < 4.78 is 13.3. The zero-order valence-corrected chi connectivity index (χ0v) is 10.9. The van der Waals surface area contributed by atoms with Crippen LogP contribution >= 0.6 is 0 Å². The average Bonchev–Trinajstić information content (AvgIpc) is 2.47. The Morgan fingerprint density at radius 1 is 1.10 bits per heavy atom. The molecular formula is C16H12FN3. The van der Waals surface area contributed by atoms with Crippen LogP contribution in [0.15, 0.2) is 42.5 Å². The lowest BCUT2D eigenvalue weighted by Crippen LogP contribution is -2.09. The molecule has 3 nitrogen and oxygen atoms in total. The Bertz CT molecular complexity index is 693. The lowest BCUT2D eigenvalue weighted by Gasteiger charge is -2.14. The first kappa shape index (κ1) is 13.6. The quantitative estimate of drug-likeness (QED) is 0.920. The molecule has 0 spiro atoms. The fourth-order valence-corrected chi connectivity index (χ4v) is 1.81. The van der Waals surface area contributed by atoms with Crippen LogP contribution in [0.25, 0.3) is 0 Å². The van der Waals surface area contributed by atoms with Crippen LogP contribution in [0.2, 0.25) is 0 Å². The van der Waals surface area contributed by atoms with Gasteiger partial charge in [-0.25, -0.2) is 4.39 Å². The summed E-state index contributed by atoms with van der Waals surface area (Å²) in [5.74, 6) is -0.580. The molecular weight excluding hydrogens is 253 g/mol. The van der Waals surface area contributed by atoms with Crippen molar-refractivity contribution in [1.82, 2.24) is 0 Å². The Morgan fingerprint density at radius 3 is 2.40 bits per heavy atom. The van der Waals surface area contributed by atoms with Crippen molar-refractivity contribution < 1.29 is 4.39 Å². The SMILES string of the molecule is Cc1ccc(NC(C#N)c2ccc(F)c(C#N)c2)cc1. The van der Waals surface area contributed by atoms with E-state index in [0.29, 0.717) is 5.56 Å². The molecule has 0 bridgehead atoms. The molecule has 4 heteroatoms. The summed E-state index contributed by atoms with van der Waals surface area (Å²) >= 11 is 0. The summed E-state index contributed by atoms with van der Waals surface area (Å²) in [6.07, 6.45) is 0. The third-order valence-electron chi connectivity index (χ3n) is 2.94. The van der Waals surface area contributed by atoms with Crippen molar-refractivity contribution in [2.75, 3.05) is 5.32 Å². The number of hydrogen-bond acceptors (Lipinski definition) is 3. The fraction of sp³-hybridized carbons (Fsp3) is 0.125. The number of benzene rings is 2. The van der Waals surface area contributed by atoms with Gasteiger partial charge in [-0.1, -0.05) is 23.8 Å². The van der Waals surface area contributed by atoms with Gasteiger partial charge in [0.1, 0.15) is 17.9 Å². The zero-order valence-electron chi connectivity index (χ0n) is 10.9. The van der Waals surface area contributed by atoms with Gasteiger partial charge in [-0.3, -0.25) is 0 Å². The van der Waals surface area contributed by atoms with Crippen molar-refractivity contribution in [3.63, 3.8) is 0 Å². The highest BCUT2D eigenvalue weighted by atomic mass is 19.1. The van der Waals surface area contributed by atoms with E-state index in [9.17, 15) is 9.65 Å². The second kappa shape index (κ2) is 5.86. The largest absolute Gasteiger partial charge is 0.366 e. The van der Waals surface area contributed by atoms with Crippen LogP contribution in [0, 0.1) is 35.4 Å². The molecule has 1 N–H and O–H groups in total. The van der Waals surface area contributed by atoms with E-state index in [2.05, 4.69) is 11.4 Å². The van der Waals surface area contributed by atoms with Crippen LogP contribution in [0.4, 0.5) is 10.1 Å². The average molecular weight is 265 g/mol. The van der Waals surface area contributed by atoms with Gasteiger partial charge in [-0.05, 0) is 36.8 Å².